The summed E-state index contributed by atoms with van der Waals surface area (Å²) in [5.74, 6) is 0.685. The van der Waals surface area contributed by atoms with Crippen molar-refractivity contribution in [3.05, 3.63) is 309 Å². The maximum atomic E-state index is 5.78. The van der Waals surface area contributed by atoms with Crippen molar-refractivity contribution < 1.29 is 0 Å². The van der Waals surface area contributed by atoms with Crippen LogP contribution in [0.1, 0.15) is 18.0 Å². The highest BCUT2D eigenvalue weighted by Crippen LogP contribution is 2.49. The summed E-state index contributed by atoms with van der Waals surface area (Å²) in [6.45, 7) is 0. The van der Waals surface area contributed by atoms with Crippen LogP contribution in [0, 0.1) is 0 Å². The van der Waals surface area contributed by atoms with Crippen LogP contribution in [0.15, 0.2) is 303 Å². The third kappa shape index (κ3) is 9.85. The van der Waals surface area contributed by atoms with Crippen LogP contribution in [0.4, 0.5) is 0 Å². The SMILES string of the molecule is C1=CCC(c2nc(-c3ccccc3)c(-c3ccccc3)c(-c3cccc(-c4nc(-c5cc(-c6ccccc6)cc(-c6ccccc6)c5)cc(-c5cc(-c6ccccc6)cc(-c6ccccc6)c5)n4)c3)c2-c2ccccc2)C=C1. The molecule has 1 atom stereocenters. The molecule has 0 amide bonds. The van der Waals surface area contributed by atoms with Crippen molar-refractivity contribution in [2.75, 3.05) is 0 Å². The van der Waals surface area contributed by atoms with E-state index in [1.165, 1.54) is 0 Å². The fourth-order valence-corrected chi connectivity index (χ4v) is 11.0. The molecule has 1 aliphatic rings. The Balaban J connectivity index is 1.09. The molecule has 1 unspecified atom stereocenters. The van der Waals surface area contributed by atoms with Crippen LogP contribution in [-0.2, 0) is 0 Å². The predicted octanol–water partition coefficient (Wildman–Crippen LogP) is 19.8. The molecule has 2 aromatic heterocycles. The summed E-state index contributed by atoms with van der Waals surface area (Å²) in [4.78, 5) is 17.1. The van der Waals surface area contributed by atoms with Gasteiger partial charge in [-0.2, -0.15) is 0 Å². The monoisotopic (exact) mass is 995 g/mol. The molecule has 78 heavy (non-hydrogen) atoms. The van der Waals surface area contributed by atoms with E-state index < -0.39 is 0 Å². The molecule has 2 heterocycles. The van der Waals surface area contributed by atoms with Crippen LogP contribution in [0.3, 0.4) is 0 Å². The van der Waals surface area contributed by atoms with Crippen molar-refractivity contribution in [2.45, 2.75) is 12.3 Å². The van der Waals surface area contributed by atoms with Crippen LogP contribution in [-0.4, -0.2) is 15.0 Å². The molecule has 0 saturated heterocycles. The fraction of sp³-hybridized carbons (Fsp3) is 0.0267. The molecule has 0 fully saturated rings. The average Bonchev–Trinajstić information content (AvgIpc) is 3.63. The molecule has 0 aliphatic heterocycles. The zero-order valence-electron chi connectivity index (χ0n) is 43.0. The van der Waals surface area contributed by atoms with Gasteiger partial charge in [-0.25, -0.2) is 9.97 Å². The van der Waals surface area contributed by atoms with Crippen molar-refractivity contribution in [3.63, 3.8) is 0 Å². The van der Waals surface area contributed by atoms with Gasteiger partial charge < -0.3 is 0 Å². The summed E-state index contributed by atoms with van der Waals surface area (Å²) in [6, 6.07) is 99.6. The normalized spacial score (nSPS) is 12.8. The van der Waals surface area contributed by atoms with Gasteiger partial charge >= 0.3 is 0 Å². The van der Waals surface area contributed by atoms with Gasteiger partial charge in [-0.05, 0) is 116 Å². The first-order valence-electron chi connectivity index (χ1n) is 26.8. The first kappa shape index (κ1) is 47.6. The highest BCUT2D eigenvalue weighted by molar-refractivity contribution is 6.02. The number of rotatable bonds is 12. The Morgan fingerprint density at radius 1 is 0.256 bits per heavy atom. The van der Waals surface area contributed by atoms with Gasteiger partial charge in [0.2, 0.25) is 0 Å². The smallest absolute Gasteiger partial charge is 0.160 e. The standard InChI is InChI=1S/C75H53N3/c1-9-26-52(27-10-1)62-45-63(53-28-11-2-12-29-53)48-66(47-62)68-51-69(67-49-64(54-30-13-3-14-31-54)46-65(50-67)55-32-15-4-16-33-55)77-75(76-68)61-43-25-42-60(44-61)70-71(56-34-17-5-18-35-56)73(58-38-21-7-22-39-58)78-74(59-40-23-8-24-41-59)72(70)57-36-19-6-20-37-57/h1-40,42-51,59H,41H2. The maximum absolute atomic E-state index is 5.78. The van der Waals surface area contributed by atoms with Crippen molar-refractivity contribution in [2.24, 2.45) is 0 Å². The Kier molecular flexibility index (Phi) is 13.2. The lowest BCUT2D eigenvalue weighted by Crippen LogP contribution is -2.08. The van der Waals surface area contributed by atoms with Crippen LogP contribution >= 0.6 is 0 Å². The second-order valence-electron chi connectivity index (χ2n) is 19.8. The quantitative estimate of drug-likeness (QED) is 0.122. The van der Waals surface area contributed by atoms with E-state index in [4.69, 9.17) is 15.0 Å². The summed E-state index contributed by atoms with van der Waals surface area (Å²) in [5, 5.41) is 0. The Morgan fingerprint density at radius 2 is 0.615 bits per heavy atom. The zero-order valence-corrected chi connectivity index (χ0v) is 43.0. The summed E-state index contributed by atoms with van der Waals surface area (Å²) >= 11 is 0. The lowest BCUT2D eigenvalue weighted by molar-refractivity contribution is 0.820. The van der Waals surface area contributed by atoms with E-state index in [9.17, 15) is 0 Å². The largest absolute Gasteiger partial charge is 0.251 e. The second-order valence-corrected chi connectivity index (χ2v) is 19.8. The molecule has 12 aromatic rings. The Bertz CT molecular complexity index is 3860. The van der Waals surface area contributed by atoms with Crippen molar-refractivity contribution >= 4 is 0 Å². The van der Waals surface area contributed by atoms with E-state index >= 15 is 0 Å². The van der Waals surface area contributed by atoms with Gasteiger partial charge in [0.15, 0.2) is 5.82 Å². The topological polar surface area (TPSA) is 38.7 Å². The zero-order chi connectivity index (χ0) is 52.0. The third-order valence-electron chi connectivity index (χ3n) is 14.8. The van der Waals surface area contributed by atoms with Gasteiger partial charge in [-0.3, -0.25) is 4.98 Å². The molecule has 0 bridgehead atoms. The van der Waals surface area contributed by atoms with Crippen LogP contribution in [0.2, 0.25) is 0 Å². The molecular weight excluding hydrogens is 943 g/mol. The minimum absolute atomic E-state index is 0.0573. The van der Waals surface area contributed by atoms with E-state index in [2.05, 4.69) is 303 Å². The van der Waals surface area contributed by atoms with E-state index in [0.717, 1.165) is 129 Å². The molecule has 0 spiro atoms. The van der Waals surface area contributed by atoms with Gasteiger partial charge in [-0.1, -0.05) is 255 Å². The van der Waals surface area contributed by atoms with Gasteiger partial charge in [0.1, 0.15) is 0 Å². The van der Waals surface area contributed by atoms with Crippen molar-refractivity contribution in [1.29, 1.82) is 0 Å². The first-order chi connectivity index (χ1) is 38.7. The Hall–Kier alpha value is -10.1. The predicted molar refractivity (Wildman–Crippen MR) is 325 cm³/mol. The van der Waals surface area contributed by atoms with Crippen LogP contribution in [0.5, 0.6) is 0 Å². The lowest BCUT2D eigenvalue weighted by Gasteiger charge is -2.26. The minimum Gasteiger partial charge on any atom is -0.251 e. The van der Waals surface area contributed by atoms with Gasteiger partial charge in [0.05, 0.1) is 22.8 Å². The van der Waals surface area contributed by atoms with Crippen LogP contribution in [0.25, 0.3) is 123 Å². The number of hydrogen-bond acceptors (Lipinski definition) is 3. The summed E-state index contributed by atoms with van der Waals surface area (Å²) < 4.78 is 0. The van der Waals surface area contributed by atoms with Crippen molar-refractivity contribution in [1.82, 2.24) is 15.0 Å². The third-order valence-corrected chi connectivity index (χ3v) is 14.8. The fourth-order valence-electron chi connectivity index (χ4n) is 11.0. The Labute approximate surface area is 457 Å². The molecule has 3 nitrogen and oxygen atoms in total. The number of aromatic nitrogens is 3. The first-order valence-corrected chi connectivity index (χ1v) is 26.8. The van der Waals surface area contributed by atoms with Gasteiger partial charge in [0, 0.05) is 44.9 Å². The number of hydrogen-bond donors (Lipinski definition) is 0. The summed E-state index contributed by atoms with van der Waals surface area (Å²) in [7, 11) is 0. The molecule has 10 aromatic carbocycles. The highest BCUT2D eigenvalue weighted by Gasteiger charge is 2.28. The molecule has 13 rings (SSSR count). The van der Waals surface area contributed by atoms with Crippen molar-refractivity contribution in [3.8, 4) is 123 Å². The molecular formula is C75H53N3. The molecule has 0 saturated carbocycles. The second kappa shape index (κ2) is 21.6. The van der Waals surface area contributed by atoms with E-state index in [0.29, 0.717) is 5.82 Å². The minimum atomic E-state index is 0.0573. The summed E-state index contributed by atoms with van der Waals surface area (Å²) in [6.07, 6.45) is 9.71. The lowest BCUT2D eigenvalue weighted by atomic mass is 9.81. The van der Waals surface area contributed by atoms with E-state index in [1.54, 1.807) is 0 Å². The molecule has 1 aliphatic carbocycles. The average molecular weight is 996 g/mol. The summed E-state index contributed by atoms with van der Waals surface area (Å²) in [5.41, 5.74) is 23.1. The van der Waals surface area contributed by atoms with E-state index in [-0.39, 0.29) is 5.92 Å². The number of allylic oxidation sites excluding steroid dienone is 4. The van der Waals surface area contributed by atoms with E-state index in [1.807, 2.05) is 0 Å². The molecule has 368 valence electrons. The molecule has 0 radical (unpaired) electrons. The number of pyridine rings is 1. The molecule has 0 N–H and O–H groups in total. The van der Waals surface area contributed by atoms with Gasteiger partial charge in [0.25, 0.3) is 0 Å². The number of nitrogens with zero attached hydrogens (tertiary/aromatic N) is 3. The van der Waals surface area contributed by atoms with Gasteiger partial charge in [-0.15, -0.1) is 0 Å². The Morgan fingerprint density at radius 3 is 1.04 bits per heavy atom. The van der Waals surface area contributed by atoms with Crippen LogP contribution < -0.4 is 0 Å². The maximum Gasteiger partial charge on any atom is 0.160 e. The highest BCUT2D eigenvalue weighted by atomic mass is 14.9. The molecule has 3 heteroatoms. The number of benzene rings is 10.